The van der Waals surface area contributed by atoms with E-state index in [2.05, 4.69) is 232 Å². The second kappa shape index (κ2) is 14.4. The first-order chi connectivity index (χ1) is 27.2. The van der Waals surface area contributed by atoms with Crippen LogP contribution in [0.3, 0.4) is 0 Å². The first-order valence-corrected chi connectivity index (χ1v) is 19.9. The van der Waals surface area contributed by atoms with Crippen LogP contribution in [0.25, 0.3) is 33.0 Å². The maximum Gasteiger partial charge on any atom is 0.0468 e. The molecule has 0 bridgehead atoms. The lowest BCUT2D eigenvalue weighted by atomic mass is 9.63. The van der Waals surface area contributed by atoms with Crippen molar-refractivity contribution in [1.82, 2.24) is 0 Å². The lowest BCUT2D eigenvalue weighted by Gasteiger charge is -2.42. The largest absolute Gasteiger partial charge is 0.311 e. The zero-order chi connectivity index (χ0) is 38.3. The number of nitrogens with zero attached hydrogens (tertiary/aromatic N) is 2. The Balaban J connectivity index is 1.01. The smallest absolute Gasteiger partial charge is 0.0468 e. The number of rotatable bonds is 8. The number of anilines is 6. The molecule has 0 saturated carbocycles. The van der Waals surface area contributed by atoms with Crippen molar-refractivity contribution in [3.8, 4) is 22.3 Å². The first kappa shape index (κ1) is 35.3. The van der Waals surface area contributed by atoms with Crippen molar-refractivity contribution in [3.05, 3.63) is 205 Å². The monoisotopic (exact) mass is 724 g/mol. The molecule has 0 aromatic heterocycles. The predicted molar refractivity (Wildman–Crippen MR) is 239 cm³/mol. The molecule has 0 heterocycles. The number of fused-ring (bicyclic) bond motifs is 2. The Kier molecular flexibility index (Phi) is 9.06. The standard InChI is InChI=1S/C54H48N2/c1-53(2)35-36-54(3,4)52-38-44(26-34-51(52)53)42-23-31-48(32-24-42)55(45-15-7-5-8-16-45)47-27-19-40(20-28-47)41-21-29-49(30-22-41)56(46-17-9-6-10-18-46)50-33-25-39-13-11-12-14-43(39)37-50/h5-34,37-38H,35-36H2,1-4H3. The van der Waals surface area contributed by atoms with Gasteiger partial charge in [-0.1, -0.05) is 149 Å². The van der Waals surface area contributed by atoms with Gasteiger partial charge in [0.1, 0.15) is 0 Å². The van der Waals surface area contributed by atoms with E-state index in [1.54, 1.807) is 0 Å². The minimum Gasteiger partial charge on any atom is -0.311 e. The van der Waals surface area contributed by atoms with Gasteiger partial charge in [-0.15, -0.1) is 0 Å². The highest BCUT2D eigenvalue weighted by molar-refractivity contribution is 5.89. The highest BCUT2D eigenvalue weighted by atomic mass is 15.1. The molecule has 0 saturated heterocycles. The van der Waals surface area contributed by atoms with E-state index in [0.717, 1.165) is 34.1 Å². The summed E-state index contributed by atoms with van der Waals surface area (Å²) >= 11 is 0. The van der Waals surface area contributed by atoms with Crippen molar-refractivity contribution >= 4 is 44.9 Å². The van der Waals surface area contributed by atoms with Gasteiger partial charge in [0.15, 0.2) is 0 Å². The molecule has 274 valence electrons. The summed E-state index contributed by atoms with van der Waals surface area (Å²) in [4.78, 5) is 4.67. The zero-order valence-electron chi connectivity index (χ0n) is 32.8. The fourth-order valence-corrected chi connectivity index (χ4v) is 8.54. The van der Waals surface area contributed by atoms with Crippen LogP contribution >= 0.6 is 0 Å². The minimum atomic E-state index is 0.180. The second-order valence-electron chi connectivity index (χ2n) is 16.5. The number of benzene rings is 8. The van der Waals surface area contributed by atoms with Crippen molar-refractivity contribution in [2.75, 3.05) is 9.80 Å². The second-order valence-corrected chi connectivity index (χ2v) is 16.5. The molecule has 2 heteroatoms. The van der Waals surface area contributed by atoms with Crippen molar-refractivity contribution in [1.29, 1.82) is 0 Å². The molecular weight excluding hydrogens is 677 g/mol. The van der Waals surface area contributed by atoms with Gasteiger partial charge >= 0.3 is 0 Å². The molecule has 8 aromatic carbocycles. The Labute approximate surface area is 332 Å². The lowest BCUT2D eigenvalue weighted by Crippen LogP contribution is -2.33. The normalized spacial score (nSPS) is 14.2. The Bertz CT molecular complexity index is 2600. The van der Waals surface area contributed by atoms with E-state index in [-0.39, 0.29) is 10.8 Å². The summed E-state index contributed by atoms with van der Waals surface area (Å²) in [5, 5.41) is 2.47. The molecule has 0 radical (unpaired) electrons. The van der Waals surface area contributed by atoms with Gasteiger partial charge in [-0.25, -0.2) is 0 Å². The summed E-state index contributed by atoms with van der Waals surface area (Å²) in [6.07, 6.45) is 2.44. The number of para-hydroxylation sites is 2. The molecule has 0 spiro atoms. The number of hydrogen-bond donors (Lipinski definition) is 0. The molecule has 9 rings (SSSR count). The maximum atomic E-state index is 2.45. The molecule has 8 aromatic rings. The third-order valence-corrected chi connectivity index (χ3v) is 11.9. The fourth-order valence-electron chi connectivity index (χ4n) is 8.54. The molecule has 0 unspecified atom stereocenters. The van der Waals surface area contributed by atoms with Crippen LogP contribution in [0, 0.1) is 0 Å². The van der Waals surface area contributed by atoms with E-state index in [1.165, 1.54) is 57.0 Å². The molecule has 0 atom stereocenters. The highest BCUT2D eigenvalue weighted by Crippen LogP contribution is 2.47. The van der Waals surface area contributed by atoms with Crippen LogP contribution in [-0.4, -0.2) is 0 Å². The van der Waals surface area contributed by atoms with Gasteiger partial charge in [-0.3, -0.25) is 0 Å². The molecule has 1 aliphatic carbocycles. The maximum absolute atomic E-state index is 2.45. The minimum absolute atomic E-state index is 0.180. The summed E-state index contributed by atoms with van der Waals surface area (Å²) in [6, 6.07) is 70.6. The molecule has 1 aliphatic rings. The number of hydrogen-bond acceptors (Lipinski definition) is 2. The molecule has 0 fully saturated rings. The molecule has 0 aliphatic heterocycles. The average molecular weight is 725 g/mol. The molecule has 0 amide bonds. The van der Waals surface area contributed by atoms with Gasteiger partial charge < -0.3 is 9.80 Å². The quantitative estimate of drug-likeness (QED) is 0.154. The summed E-state index contributed by atoms with van der Waals surface area (Å²) in [7, 11) is 0. The Hall–Kier alpha value is -6.38. The van der Waals surface area contributed by atoms with Gasteiger partial charge in [-0.05, 0) is 141 Å². The summed E-state index contributed by atoms with van der Waals surface area (Å²) in [5.74, 6) is 0. The van der Waals surface area contributed by atoms with E-state index >= 15 is 0 Å². The topological polar surface area (TPSA) is 6.48 Å². The molecule has 56 heavy (non-hydrogen) atoms. The van der Waals surface area contributed by atoms with Crippen molar-refractivity contribution < 1.29 is 0 Å². The van der Waals surface area contributed by atoms with Crippen LogP contribution < -0.4 is 9.80 Å². The van der Waals surface area contributed by atoms with Crippen LogP contribution in [0.2, 0.25) is 0 Å². The van der Waals surface area contributed by atoms with E-state index in [0.29, 0.717) is 0 Å². The summed E-state index contributed by atoms with van der Waals surface area (Å²) in [6.45, 7) is 9.59. The summed E-state index contributed by atoms with van der Waals surface area (Å²) < 4.78 is 0. The highest BCUT2D eigenvalue weighted by Gasteiger charge is 2.37. The lowest BCUT2D eigenvalue weighted by molar-refractivity contribution is 0.332. The van der Waals surface area contributed by atoms with Crippen LogP contribution in [0.15, 0.2) is 194 Å². The van der Waals surface area contributed by atoms with Crippen LogP contribution in [0.5, 0.6) is 0 Å². The average Bonchev–Trinajstić information content (AvgIpc) is 3.24. The van der Waals surface area contributed by atoms with Gasteiger partial charge in [0.25, 0.3) is 0 Å². The van der Waals surface area contributed by atoms with E-state index in [9.17, 15) is 0 Å². The molecule has 2 nitrogen and oxygen atoms in total. The van der Waals surface area contributed by atoms with Crippen molar-refractivity contribution in [3.63, 3.8) is 0 Å². The summed E-state index contributed by atoms with van der Waals surface area (Å²) in [5.41, 5.74) is 15.0. The zero-order valence-corrected chi connectivity index (χ0v) is 32.8. The first-order valence-electron chi connectivity index (χ1n) is 19.9. The Morgan fingerprint density at radius 1 is 0.304 bits per heavy atom. The Morgan fingerprint density at radius 3 is 1.20 bits per heavy atom. The Morgan fingerprint density at radius 2 is 0.679 bits per heavy atom. The van der Waals surface area contributed by atoms with Gasteiger partial charge in [-0.2, -0.15) is 0 Å². The van der Waals surface area contributed by atoms with Crippen molar-refractivity contribution in [2.24, 2.45) is 0 Å². The third kappa shape index (κ3) is 6.77. The van der Waals surface area contributed by atoms with Crippen LogP contribution in [0.4, 0.5) is 34.1 Å². The predicted octanol–water partition coefficient (Wildman–Crippen LogP) is 15.5. The van der Waals surface area contributed by atoms with Crippen LogP contribution in [0.1, 0.15) is 51.7 Å². The van der Waals surface area contributed by atoms with E-state index in [4.69, 9.17) is 0 Å². The van der Waals surface area contributed by atoms with E-state index in [1.807, 2.05) is 0 Å². The van der Waals surface area contributed by atoms with Gasteiger partial charge in [0, 0.05) is 34.1 Å². The van der Waals surface area contributed by atoms with Gasteiger partial charge in [0.2, 0.25) is 0 Å². The molecule has 0 N–H and O–H groups in total. The van der Waals surface area contributed by atoms with Crippen molar-refractivity contribution in [2.45, 2.75) is 51.4 Å². The van der Waals surface area contributed by atoms with E-state index < -0.39 is 0 Å². The van der Waals surface area contributed by atoms with Gasteiger partial charge in [0.05, 0.1) is 0 Å². The fraction of sp³-hybridized carbons (Fsp3) is 0.148. The SMILES string of the molecule is CC1(C)CCC(C)(C)c2cc(-c3ccc(N(c4ccccc4)c4ccc(-c5ccc(N(c6ccccc6)c6ccc7ccccc7c6)cc5)cc4)cc3)ccc21. The van der Waals surface area contributed by atoms with Crippen LogP contribution in [-0.2, 0) is 10.8 Å². The molecular formula is C54H48N2. The third-order valence-electron chi connectivity index (χ3n) is 11.9.